The molecule has 100 valence electrons. The number of aliphatic hydroxyl groups is 1. The molecule has 2 rings (SSSR count). The van der Waals surface area contributed by atoms with Gasteiger partial charge in [-0.1, -0.05) is 12.5 Å². The van der Waals surface area contributed by atoms with Crippen molar-refractivity contribution in [3.8, 4) is 0 Å². The van der Waals surface area contributed by atoms with E-state index in [-0.39, 0.29) is 18.7 Å². The molecule has 1 aliphatic carbocycles. The van der Waals surface area contributed by atoms with Gasteiger partial charge in [-0.25, -0.2) is 8.78 Å². The summed E-state index contributed by atoms with van der Waals surface area (Å²) in [6.45, 7) is 1.12. The van der Waals surface area contributed by atoms with Gasteiger partial charge in [-0.05, 0) is 43.4 Å². The van der Waals surface area contributed by atoms with Crippen LogP contribution in [-0.4, -0.2) is 18.3 Å². The number of hydrogen-bond donors (Lipinski definition) is 2. The Morgan fingerprint density at radius 3 is 2.50 bits per heavy atom. The largest absolute Gasteiger partial charge is 0.396 e. The molecule has 2 nitrogen and oxygen atoms in total. The number of aliphatic hydroxyl groups excluding tert-OH is 1. The van der Waals surface area contributed by atoms with Crippen molar-refractivity contribution in [2.24, 2.45) is 11.8 Å². The van der Waals surface area contributed by atoms with Gasteiger partial charge in [0.15, 0.2) is 0 Å². The summed E-state index contributed by atoms with van der Waals surface area (Å²) in [5.41, 5.74) is 0.0936. The molecule has 0 radical (unpaired) electrons. The van der Waals surface area contributed by atoms with E-state index < -0.39 is 11.6 Å². The Labute approximate surface area is 106 Å². The molecule has 2 N–H and O–H groups in total. The van der Waals surface area contributed by atoms with Gasteiger partial charge in [0.05, 0.1) is 0 Å². The average molecular weight is 255 g/mol. The minimum absolute atomic E-state index is 0.0936. The molecule has 0 heterocycles. The van der Waals surface area contributed by atoms with Crippen LogP contribution in [0.4, 0.5) is 8.78 Å². The van der Waals surface area contributed by atoms with Crippen LogP contribution in [0.25, 0.3) is 0 Å². The summed E-state index contributed by atoms with van der Waals surface area (Å²) in [7, 11) is 0. The maximum Gasteiger partial charge on any atom is 0.130 e. The molecule has 1 aromatic rings. The summed E-state index contributed by atoms with van der Waals surface area (Å²) >= 11 is 0. The Hall–Kier alpha value is -1.00. The highest BCUT2D eigenvalue weighted by Gasteiger charge is 2.26. The number of benzene rings is 1. The third-order valence-corrected chi connectivity index (χ3v) is 3.82. The molecule has 1 fully saturated rings. The zero-order chi connectivity index (χ0) is 13.0. The Bertz CT molecular complexity index is 377. The molecule has 0 aromatic heterocycles. The van der Waals surface area contributed by atoms with E-state index in [9.17, 15) is 13.9 Å². The number of halogens is 2. The predicted octanol–water partition coefficient (Wildman–Crippen LogP) is 2.46. The lowest BCUT2D eigenvalue weighted by Gasteiger charge is -2.18. The highest BCUT2D eigenvalue weighted by molar-refractivity contribution is 5.19. The summed E-state index contributed by atoms with van der Waals surface area (Å²) in [6, 6.07) is 3.91. The third-order valence-electron chi connectivity index (χ3n) is 3.82. The summed E-state index contributed by atoms with van der Waals surface area (Å²) in [5, 5.41) is 12.3. The van der Waals surface area contributed by atoms with E-state index in [1.54, 1.807) is 0 Å². The van der Waals surface area contributed by atoms with Crippen LogP contribution < -0.4 is 5.32 Å². The smallest absolute Gasteiger partial charge is 0.130 e. The Kier molecular flexibility index (Phi) is 4.66. The SMILES string of the molecule is OCC1CCCC1CNCc1c(F)cccc1F. The fraction of sp³-hybridized carbons (Fsp3) is 0.571. The van der Waals surface area contributed by atoms with E-state index in [2.05, 4.69) is 5.32 Å². The van der Waals surface area contributed by atoms with E-state index in [0.717, 1.165) is 19.3 Å². The molecule has 0 bridgehead atoms. The summed E-state index contributed by atoms with van der Waals surface area (Å²) in [6.07, 6.45) is 3.26. The van der Waals surface area contributed by atoms with Crippen molar-refractivity contribution in [2.45, 2.75) is 25.8 Å². The van der Waals surface area contributed by atoms with Crippen molar-refractivity contribution < 1.29 is 13.9 Å². The van der Waals surface area contributed by atoms with Gasteiger partial charge in [0.2, 0.25) is 0 Å². The van der Waals surface area contributed by atoms with E-state index in [1.807, 2.05) is 0 Å². The second kappa shape index (κ2) is 6.25. The van der Waals surface area contributed by atoms with Crippen LogP contribution in [0.1, 0.15) is 24.8 Å². The van der Waals surface area contributed by atoms with Crippen molar-refractivity contribution in [3.63, 3.8) is 0 Å². The molecule has 0 aliphatic heterocycles. The lowest BCUT2D eigenvalue weighted by molar-refractivity contribution is 0.192. The van der Waals surface area contributed by atoms with Gasteiger partial charge in [-0.2, -0.15) is 0 Å². The monoisotopic (exact) mass is 255 g/mol. The molecule has 0 saturated heterocycles. The van der Waals surface area contributed by atoms with Crippen molar-refractivity contribution in [3.05, 3.63) is 35.4 Å². The van der Waals surface area contributed by atoms with Gasteiger partial charge >= 0.3 is 0 Å². The average Bonchev–Trinajstić information content (AvgIpc) is 2.80. The molecule has 4 heteroatoms. The molecule has 18 heavy (non-hydrogen) atoms. The maximum absolute atomic E-state index is 13.4. The Balaban J connectivity index is 1.85. The highest BCUT2D eigenvalue weighted by Crippen LogP contribution is 2.30. The lowest BCUT2D eigenvalue weighted by atomic mass is 9.97. The Morgan fingerprint density at radius 2 is 1.83 bits per heavy atom. The topological polar surface area (TPSA) is 32.3 Å². The first-order chi connectivity index (χ1) is 8.72. The zero-order valence-electron chi connectivity index (χ0n) is 10.3. The molecular weight excluding hydrogens is 236 g/mol. The van der Waals surface area contributed by atoms with E-state index in [1.165, 1.54) is 18.2 Å². The van der Waals surface area contributed by atoms with E-state index >= 15 is 0 Å². The van der Waals surface area contributed by atoms with Crippen LogP contribution in [0, 0.1) is 23.5 Å². The normalized spacial score (nSPS) is 23.5. The summed E-state index contributed by atoms with van der Waals surface area (Å²) in [5.74, 6) is -0.256. The molecular formula is C14H19F2NO. The number of rotatable bonds is 5. The molecule has 1 aliphatic rings. The summed E-state index contributed by atoms with van der Waals surface area (Å²) in [4.78, 5) is 0. The van der Waals surface area contributed by atoms with Crippen LogP contribution in [0.2, 0.25) is 0 Å². The first-order valence-electron chi connectivity index (χ1n) is 6.47. The second-order valence-electron chi connectivity index (χ2n) is 4.96. The van der Waals surface area contributed by atoms with Gasteiger partial charge in [0.25, 0.3) is 0 Å². The molecule has 0 amide bonds. The molecule has 1 saturated carbocycles. The predicted molar refractivity (Wildman–Crippen MR) is 66.0 cm³/mol. The fourth-order valence-corrected chi connectivity index (χ4v) is 2.71. The van der Waals surface area contributed by atoms with Crippen LogP contribution in [0.3, 0.4) is 0 Å². The first-order valence-corrected chi connectivity index (χ1v) is 6.47. The van der Waals surface area contributed by atoms with Crippen LogP contribution >= 0.6 is 0 Å². The number of nitrogens with one attached hydrogen (secondary N) is 1. The highest BCUT2D eigenvalue weighted by atomic mass is 19.1. The van der Waals surface area contributed by atoms with Crippen molar-refractivity contribution in [1.29, 1.82) is 0 Å². The van der Waals surface area contributed by atoms with Crippen LogP contribution in [0.5, 0.6) is 0 Å². The van der Waals surface area contributed by atoms with Crippen molar-refractivity contribution >= 4 is 0 Å². The second-order valence-corrected chi connectivity index (χ2v) is 4.96. The minimum atomic E-state index is -0.507. The van der Waals surface area contributed by atoms with Crippen molar-refractivity contribution in [2.75, 3.05) is 13.2 Å². The quantitative estimate of drug-likeness (QED) is 0.847. The number of hydrogen-bond acceptors (Lipinski definition) is 2. The standard InChI is InChI=1S/C14H19F2NO/c15-13-5-2-6-14(16)12(13)8-17-7-10-3-1-4-11(10)9-18/h2,5-6,10-11,17-18H,1,3-4,7-9H2. The third kappa shape index (κ3) is 3.06. The summed E-state index contributed by atoms with van der Waals surface area (Å²) < 4.78 is 26.7. The van der Waals surface area contributed by atoms with Gasteiger partial charge in [0, 0.05) is 18.7 Å². The van der Waals surface area contributed by atoms with Gasteiger partial charge in [0.1, 0.15) is 11.6 Å². The Morgan fingerprint density at radius 1 is 1.17 bits per heavy atom. The van der Waals surface area contributed by atoms with Crippen LogP contribution in [0.15, 0.2) is 18.2 Å². The lowest BCUT2D eigenvalue weighted by Crippen LogP contribution is -2.27. The van der Waals surface area contributed by atoms with E-state index in [0.29, 0.717) is 18.4 Å². The molecule has 0 spiro atoms. The maximum atomic E-state index is 13.4. The molecule has 1 aromatic carbocycles. The van der Waals surface area contributed by atoms with Gasteiger partial charge in [-0.15, -0.1) is 0 Å². The fourth-order valence-electron chi connectivity index (χ4n) is 2.71. The minimum Gasteiger partial charge on any atom is -0.396 e. The van der Waals surface area contributed by atoms with Crippen molar-refractivity contribution in [1.82, 2.24) is 5.32 Å². The first kappa shape index (κ1) is 13.4. The van der Waals surface area contributed by atoms with Gasteiger partial charge in [-0.3, -0.25) is 0 Å². The van der Waals surface area contributed by atoms with E-state index in [4.69, 9.17) is 0 Å². The van der Waals surface area contributed by atoms with Gasteiger partial charge < -0.3 is 10.4 Å². The molecule has 2 unspecified atom stereocenters. The molecule has 2 atom stereocenters. The van der Waals surface area contributed by atoms with Crippen LogP contribution in [-0.2, 0) is 6.54 Å². The zero-order valence-corrected chi connectivity index (χ0v) is 10.3.